The number of aromatic nitrogens is 2. The first-order valence-electron chi connectivity index (χ1n) is 9.95. The summed E-state index contributed by atoms with van der Waals surface area (Å²) in [5.74, 6) is 0.117. The molecule has 1 aromatic carbocycles. The molecule has 2 aromatic heterocycles. The summed E-state index contributed by atoms with van der Waals surface area (Å²) in [7, 11) is 0. The molecule has 0 atom stereocenters. The first kappa shape index (κ1) is 20.3. The highest BCUT2D eigenvalue weighted by atomic mass is 32.1. The summed E-state index contributed by atoms with van der Waals surface area (Å²) in [6, 6.07) is 4.01. The van der Waals surface area contributed by atoms with Crippen molar-refractivity contribution in [3.05, 3.63) is 55.4 Å². The monoisotopic (exact) mass is 424 g/mol. The smallest absolute Gasteiger partial charge is 0.262 e. The van der Waals surface area contributed by atoms with Crippen molar-refractivity contribution in [2.75, 3.05) is 11.9 Å². The molecule has 3 heterocycles. The highest BCUT2D eigenvalue weighted by molar-refractivity contribution is 7.20. The molecule has 1 aliphatic heterocycles. The van der Waals surface area contributed by atoms with Gasteiger partial charge in [-0.15, -0.1) is 11.3 Å². The summed E-state index contributed by atoms with van der Waals surface area (Å²) in [4.78, 5) is 43.5. The normalized spacial score (nSPS) is 12.8. The second-order valence-electron chi connectivity index (χ2n) is 7.83. The lowest BCUT2D eigenvalue weighted by Gasteiger charge is -2.13. The summed E-state index contributed by atoms with van der Waals surface area (Å²) in [6.07, 6.45) is 1.70. The van der Waals surface area contributed by atoms with Crippen LogP contribution in [0, 0.1) is 27.7 Å². The third kappa shape index (κ3) is 3.52. The Morgan fingerprint density at radius 3 is 2.57 bits per heavy atom. The number of amides is 2. The lowest BCUT2D eigenvalue weighted by Crippen LogP contribution is -2.33. The zero-order valence-corrected chi connectivity index (χ0v) is 18.3. The van der Waals surface area contributed by atoms with Crippen LogP contribution in [0.25, 0.3) is 10.2 Å². The van der Waals surface area contributed by atoms with Crippen LogP contribution < -0.4 is 16.2 Å². The van der Waals surface area contributed by atoms with Crippen molar-refractivity contribution in [1.82, 2.24) is 14.9 Å². The van der Waals surface area contributed by atoms with Crippen LogP contribution in [0.5, 0.6) is 0 Å². The maximum Gasteiger partial charge on any atom is 0.262 e. The average molecular weight is 425 g/mol. The molecule has 2 amide bonds. The number of nitrogens with zero attached hydrogens (tertiary/aromatic N) is 2. The molecular weight excluding hydrogens is 400 g/mol. The van der Waals surface area contributed by atoms with E-state index in [-0.39, 0.29) is 23.9 Å². The van der Waals surface area contributed by atoms with E-state index in [0.717, 1.165) is 41.0 Å². The molecule has 8 heteroatoms. The topological polar surface area (TPSA) is 93.1 Å². The van der Waals surface area contributed by atoms with Crippen molar-refractivity contribution in [2.24, 2.45) is 0 Å². The van der Waals surface area contributed by atoms with Crippen molar-refractivity contribution in [3.63, 3.8) is 0 Å². The fourth-order valence-electron chi connectivity index (χ4n) is 4.09. The highest BCUT2D eigenvalue weighted by Crippen LogP contribution is 2.28. The van der Waals surface area contributed by atoms with E-state index in [1.807, 2.05) is 32.9 Å². The number of carbonyl (C=O) groups is 2. The molecule has 2 N–H and O–H groups in total. The largest absolute Gasteiger partial charge is 0.342 e. The molecule has 0 saturated heterocycles. The van der Waals surface area contributed by atoms with Crippen LogP contribution in [0.1, 0.15) is 44.2 Å². The third-order valence-corrected chi connectivity index (χ3v) is 6.65. The summed E-state index contributed by atoms with van der Waals surface area (Å²) >= 11 is 1.21. The van der Waals surface area contributed by atoms with Crippen LogP contribution in [-0.2, 0) is 17.8 Å². The number of thiophene rings is 1. The van der Waals surface area contributed by atoms with Gasteiger partial charge in [0.25, 0.3) is 11.5 Å². The molecule has 7 nitrogen and oxygen atoms in total. The Bertz CT molecular complexity index is 1230. The third-order valence-electron chi connectivity index (χ3n) is 5.47. The molecular formula is C22H24N4O3S. The predicted molar refractivity (Wildman–Crippen MR) is 119 cm³/mol. The average Bonchev–Trinajstić information content (AvgIpc) is 3.28. The summed E-state index contributed by atoms with van der Waals surface area (Å²) in [5.41, 5.74) is 4.40. The number of fused-ring (bicyclic) bond motifs is 2. The van der Waals surface area contributed by atoms with Gasteiger partial charge in [-0.3, -0.25) is 19.0 Å². The zero-order chi connectivity index (χ0) is 21.6. The number of aryl methyl sites for hydroxylation is 5. The van der Waals surface area contributed by atoms with E-state index < -0.39 is 0 Å². The fourth-order valence-corrected chi connectivity index (χ4v) is 5.20. The molecule has 0 saturated carbocycles. The molecule has 3 aromatic rings. The first-order valence-corrected chi connectivity index (χ1v) is 10.8. The van der Waals surface area contributed by atoms with Gasteiger partial charge in [0.15, 0.2) is 0 Å². The molecule has 0 bridgehead atoms. The van der Waals surface area contributed by atoms with Crippen molar-refractivity contribution >= 4 is 39.1 Å². The Labute approximate surface area is 178 Å². The second kappa shape index (κ2) is 7.68. The van der Waals surface area contributed by atoms with Gasteiger partial charge >= 0.3 is 0 Å². The van der Waals surface area contributed by atoms with Gasteiger partial charge < -0.3 is 10.6 Å². The van der Waals surface area contributed by atoms with Crippen molar-refractivity contribution < 1.29 is 9.59 Å². The van der Waals surface area contributed by atoms with E-state index in [9.17, 15) is 14.4 Å². The Hall–Kier alpha value is -3.00. The van der Waals surface area contributed by atoms with Crippen LogP contribution in [-0.4, -0.2) is 27.9 Å². The molecule has 0 spiro atoms. The Kier molecular flexibility index (Phi) is 5.19. The second-order valence-corrected chi connectivity index (χ2v) is 8.83. The maximum absolute atomic E-state index is 12.8. The summed E-state index contributed by atoms with van der Waals surface area (Å²) < 4.78 is 1.70. The van der Waals surface area contributed by atoms with Crippen molar-refractivity contribution in [3.8, 4) is 0 Å². The lowest BCUT2D eigenvalue weighted by atomic mass is 10.1. The molecule has 156 valence electrons. The molecule has 0 aliphatic carbocycles. The van der Waals surface area contributed by atoms with Crippen LogP contribution in [0.4, 0.5) is 5.69 Å². The minimum absolute atomic E-state index is 0.0802. The first-order chi connectivity index (χ1) is 14.3. The number of nitrogens with one attached hydrogen (secondary N) is 2. The van der Waals surface area contributed by atoms with Crippen molar-refractivity contribution in [2.45, 2.75) is 47.1 Å². The van der Waals surface area contributed by atoms with E-state index in [0.29, 0.717) is 27.2 Å². The number of hydrogen-bond donors (Lipinski definition) is 2. The lowest BCUT2D eigenvalue weighted by molar-refractivity contribution is -0.115. The molecule has 30 heavy (non-hydrogen) atoms. The van der Waals surface area contributed by atoms with Gasteiger partial charge in [-0.1, -0.05) is 17.7 Å². The Balaban J connectivity index is 1.50. The predicted octanol–water partition coefficient (Wildman–Crippen LogP) is 3.01. The van der Waals surface area contributed by atoms with Crippen LogP contribution in [0.3, 0.4) is 0 Å². The highest BCUT2D eigenvalue weighted by Gasteiger charge is 2.23. The van der Waals surface area contributed by atoms with E-state index in [2.05, 4.69) is 15.6 Å². The molecule has 4 rings (SSSR count). The van der Waals surface area contributed by atoms with Crippen LogP contribution >= 0.6 is 11.3 Å². The van der Waals surface area contributed by atoms with Gasteiger partial charge in [0.2, 0.25) is 5.91 Å². The van der Waals surface area contributed by atoms with E-state index >= 15 is 0 Å². The molecule has 0 unspecified atom stereocenters. The maximum atomic E-state index is 12.8. The minimum atomic E-state index is -0.368. The van der Waals surface area contributed by atoms with Crippen LogP contribution in [0.2, 0.25) is 0 Å². The van der Waals surface area contributed by atoms with Gasteiger partial charge in [0.05, 0.1) is 16.8 Å². The molecule has 0 radical (unpaired) electrons. The van der Waals surface area contributed by atoms with Crippen molar-refractivity contribution in [1.29, 1.82) is 0 Å². The van der Waals surface area contributed by atoms with Gasteiger partial charge in [0.1, 0.15) is 10.7 Å². The number of rotatable bonds is 4. The number of carbonyl (C=O) groups excluding carboxylic acids is 2. The van der Waals surface area contributed by atoms with Crippen LogP contribution in [0.15, 0.2) is 16.9 Å². The summed E-state index contributed by atoms with van der Waals surface area (Å²) in [5, 5.41) is 6.05. The Morgan fingerprint density at radius 2 is 1.87 bits per heavy atom. The zero-order valence-electron chi connectivity index (χ0n) is 17.5. The summed E-state index contributed by atoms with van der Waals surface area (Å²) in [6.45, 7) is 8.18. The SMILES string of the molecule is Cc1cc(C)c(NC(=O)CNC(=O)c2sc3nc4n(c(=O)c3c2C)CCC4)c(C)c1. The number of benzene rings is 1. The van der Waals surface area contributed by atoms with Gasteiger partial charge in [-0.05, 0) is 50.8 Å². The number of hydrogen-bond acceptors (Lipinski definition) is 5. The van der Waals surface area contributed by atoms with Gasteiger partial charge in [-0.2, -0.15) is 0 Å². The quantitative estimate of drug-likeness (QED) is 0.673. The molecule has 0 fully saturated rings. The van der Waals surface area contributed by atoms with E-state index in [1.165, 1.54) is 11.3 Å². The standard InChI is InChI=1S/C22H24N4O3S/c1-11-8-12(2)18(13(3)9-11)25-16(27)10-23-20(28)19-14(4)17-21(30-19)24-15-6-5-7-26(15)22(17)29/h8-9H,5-7,10H2,1-4H3,(H,23,28)(H,25,27). The van der Waals surface area contributed by atoms with E-state index in [4.69, 9.17) is 0 Å². The van der Waals surface area contributed by atoms with Gasteiger partial charge in [-0.25, -0.2) is 4.98 Å². The fraction of sp³-hybridized carbons (Fsp3) is 0.364. The minimum Gasteiger partial charge on any atom is -0.342 e. The van der Waals surface area contributed by atoms with E-state index in [1.54, 1.807) is 11.5 Å². The molecule has 1 aliphatic rings. The van der Waals surface area contributed by atoms with Gasteiger partial charge in [0, 0.05) is 18.7 Å². The Morgan fingerprint density at radius 1 is 1.17 bits per heavy atom. The number of anilines is 1.